The van der Waals surface area contributed by atoms with Crippen LogP contribution in [0.5, 0.6) is 0 Å². The molecule has 2 rings (SSSR count). The maximum absolute atomic E-state index is 12.0. The van der Waals surface area contributed by atoms with Crippen LogP contribution in [-0.4, -0.2) is 16.5 Å². The molecule has 2 aliphatic carbocycles. The van der Waals surface area contributed by atoms with Gasteiger partial charge in [0.15, 0.2) is 0 Å². The summed E-state index contributed by atoms with van der Waals surface area (Å²) in [5.41, 5.74) is -0.0975. The zero-order valence-corrected chi connectivity index (χ0v) is 10.3. The van der Waals surface area contributed by atoms with Crippen LogP contribution in [0.15, 0.2) is 11.6 Å². The first-order valence-electron chi connectivity index (χ1n) is 6.35. The van der Waals surface area contributed by atoms with E-state index in [2.05, 4.69) is 6.07 Å². The van der Waals surface area contributed by atoms with E-state index in [1.54, 1.807) is 0 Å². The molecule has 1 N–H and O–H groups in total. The molecule has 17 heavy (non-hydrogen) atoms. The fraction of sp³-hybridized carbons (Fsp3) is 0.714. The van der Waals surface area contributed by atoms with E-state index >= 15 is 0 Å². The van der Waals surface area contributed by atoms with Crippen molar-refractivity contribution in [2.24, 2.45) is 5.41 Å². The monoisotopic (exact) mass is 233 g/mol. The number of nitriles is 1. The van der Waals surface area contributed by atoms with Crippen molar-refractivity contribution in [2.45, 2.75) is 57.5 Å². The predicted molar refractivity (Wildman–Crippen MR) is 64.1 cm³/mol. The van der Waals surface area contributed by atoms with Crippen LogP contribution in [0.3, 0.4) is 0 Å². The van der Waals surface area contributed by atoms with E-state index < -0.39 is 5.60 Å². The Morgan fingerprint density at radius 2 is 2.24 bits per heavy atom. The highest BCUT2D eigenvalue weighted by Crippen LogP contribution is 2.48. The molecule has 0 aromatic carbocycles. The SMILES string of the molecule is C[C@]12CC[C@@](O)(CCC#N)C=C1CCCC2=O. The molecule has 0 aromatic rings. The van der Waals surface area contributed by atoms with Gasteiger partial charge in [0.2, 0.25) is 0 Å². The highest BCUT2D eigenvalue weighted by Gasteiger charge is 2.45. The summed E-state index contributed by atoms with van der Waals surface area (Å²) >= 11 is 0. The number of rotatable bonds is 2. The molecule has 0 aliphatic heterocycles. The lowest BCUT2D eigenvalue weighted by atomic mass is 9.62. The predicted octanol–water partition coefficient (Wildman–Crippen LogP) is 2.50. The van der Waals surface area contributed by atoms with E-state index in [1.807, 2.05) is 13.0 Å². The normalized spacial score (nSPS) is 37.0. The molecule has 2 atom stereocenters. The molecular weight excluding hydrogens is 214 g/mol. The molecule has 3 nitrogen and oxygen atoms in total. The summed E-state index contributed by atoms with van der Waals surface area (Å²) < 4.78 is 0. The van der Waals surface area contributed by atoms with Crippen LogP contribution in [0.4, 0.5) is 0 Å². The van der Waals surface area contributed by atoms with Gasteiger partial charge in [-0.15, -0.1) is 0 Å². The number of carbonyl (C=O) groups excluding carboxylic acids is 1. The van der Waals surface area contributed by atoms with Gasteiger partial charge in [-0.1, -0.05) is 11.6 Å². The van der Waals surface area contributed by atoms with Crippen LogP contribution in [-0.2, 0) is 4.79 Å². The Morgan fingerprint density at radius 1 is 1.47 bits per heavy atom. The van der Waals surface area contributed by atoms with E-state index in [0.717, 1.165) is 24.8 Å². The lowest BCUT2D eigenvalue weighted by Gasteiger charge is -2.43. The van der Waals surface area contributed by atoms with Crippen LogP contribution in [0.2, 0.25) is 0 Å². The van der Waals surface area contributed by atoms with Crippen molar-refractivity contribution in [3.63, 3.8) is 0 Å². The van der Waals surface area contributed by atoms with Crippen molar-refractivity contribution < 1.29 is 9.90 Å². The Kier molecular flexibility index (Phi) is 3.09. The summed E-state index contributed by atoms with van der Waals surface area (Å²) in [5, 5.41) is 19.0. The molecule has 0 heterocycles. The molecule has 92 valence electrons. The fourth-order valence-corrected chi connectivity index (χ4v) is 3.03. The van der Waals surface area contributed by atoms with E-state index in [9.17, 15) is 9.90 Å². The van der Waals surface area contributed by atoms with E-state index in [1.165, 1.54) is 0 Å². The summed E-state index contributed by atoms with van der Waals surface area (Å²) in [5.74, 6) is 0.317. The third-order valence-electron chi connectivity index (χ3n) is 4.34. The number of carbonyl (C=O) groups is 1. The Labute approximate surface area is 102 Å². The van der Waals surface area contributed by atoms with Crippen LogP contribution >= 0.6 is 0 Å². The standard InChI is InChI=1S/C14H19NO2/c1-13-7-8-14(17,6-3-9-15)10-11(13)4-2-5-12(13)16/h10,17H,2-8H2,1H3/t13-,14-/m0/s1. The summed E-state index contributed by atoms with van der Waals surface area (Å²) in [6.45, 7) is 2.00. The Morgan fingerprint density at radius 3 is 2.94 bits per heavy atom. The van der Waals surface area contributed by atoms with Crippen molar-refractivity contribution in [3.8, 4) is 6.07 Å². The number of hydrogen-bond donors (Lipinski definition) is 1. The molecule has 0 amide bonds. The van der Waals surface area contributed by atoms with Gasteiger partial charge in [0.25, 0.3) is 0 Å². The average Bonchev–Trinajstić information content (AvgIpc) is 2.30. The molecular formula is C14H19NO2. The number of allylic oxidation sites excluding steroid dienone is 1. The first-order chi connectivity index (χ1) is 8.00. The fourth-order valence-electron chi connectivity index (χ4n) is 3.03. The number of hydrogen-bond acceptors (Lipinski definition) is 3. The van der Waals surface area contributed by atoms with Crippen LogP contribution in [0.25, 0.3) is 0 Å². The summed E-state index contributed by atoms with van der Waals surface area (Å²) in [6.07, 6.45) is 6.53. The Hall–Kier alpha value is -1.14. The number of Topliss-reactive ketones (excluding diaryl/α,β-unsaturated/α-hetero) is 1. The second-order valence-electron chi connectivity index (χ2n) is 5.54. The number of ketones is 1. The molecule has 1 saturated carbocycles. The lowest BCUT2D eigenvalue weighted by molar-refractivity contribution is -0.129. The average molecular weight is 233 g/mol. The second kappa shape index (κ2) is 4.27. The van der Waals surface area contributed by atoms with Crippen LogP contribution < -0.4 is 0 Å². The molecule has 0 unspecified atom stereocenters. The second-order valence-corrected chi connectivity index (χ2v) is 5.54. The molecule has 1 fully saturated rings. The van der Waals surface area contributed by atoms with Gasteiger partial charge in [-0.25, -0.2) is 0 Å². The van der Waals surface area contributed by atoms with Gasteiger partial charge in [-0.05, 0) is 39.0 Å². The van der Waals surface area contributed by atoms with Crippen molar-refractivity contribution in [1.29, 1.82) is 5.26 Å². The Bertz CT molecular complexity index is 407. The largest absolute Gasteiger partial charge is 0.386 e. The highest BCUT2D eigenvalue weighted by atomic mass is 16.3. The summed E-state index contributed by atoms with van der Waals surface area (Å²) in [6, 6.07) is 2.07. The molecule has 0 bridgehead atoms. The first-order valence-corrected chi connectivity index (χ1v) is 6.35. The highest BCUT2D eigenvalue weighted by molar-refractivity contribution is 5.88. The smallest absolute Gasteiger partial charge is 0.142 e. The minimum absolute atomic E-state index is 0.317. The number of fused-ring (bicyclic) bond motifs is 1. The third kappa shape index (κ3) is 2.14. The van der Waals surface area contributed by atoms with Crippen molar-refractivity contribution in [1.82, 2.24) is 0 Å². The maximum Gasteiger partial charge on any atom is 0.142 e. The molecule has 0 aromatic heterocycles. The van der Waals surface area contributed by atoms with Gasteiger partial charge < -0.3 is 5.11 Å². The maximum atomic E-state index is 12.0. The first kappa shape index (κ1) is 12.3. The topological polar surface area (TPSA) is 61.1 Å². The van der Waals surface area contributed by atoms with Gasteiger partial charge >= 0.3 is 0 Å². The van der Waals surface area contributed by atoms with Gasteiger partial charge in [0.1, 0.15) is 5.78 Å². The summed E-state index contributed by atoms with van der Waals surface area (Å²) in [4.78, 5) is 12.0. The van der Waals surface area contributed by atoms with Gasteiger partial charge in [-0.3, -0.25) is 4.79 Å². The zero-order valence-electron chi connectivity index (χ0n) is 10.3. The number of aliphatic hydroxyl groups is 1. The lowest BCUT2D eigenvalue weighted by Crippen LogP contribution is -2.42. The van der Waals surface area contributed by atoms with Crippen LogP contribution in [0.1, 0.15) is 51.9 Å². The van der Waals surface area contributed by atoms with E-state index in [-0.39, 0.29) is 5.41 Å². The van der Waals surface area contributed by atoms with Gasteiger partial charge in [0, 0.05) is 18.3 Å². The third-order valence-corrected chi connectivity index (χ3v) is 4.34. The molecule has 2 aliphatic rings. The van der Waals surface area contributed by atoms with E-state index in [0.29, 0.717) is 31.5 Å². The van der Waals surface area contributed by atoms with Gasteiger partial charge in [0.05, 0.1) is 11.7 Å². The van der Waals surface area contributed by atoms with Crippen molar-refractivity contribution in [3.05, 3.63) is 11.6 Å². The zero-order chi connectivity index (χ0) is 12.5. The van der Waals surface area contributed by atoms with Crippen molar-refractivity contribution >= 4 is 5.78 Å². The number of nitrogens with zero attached hydrogens (tertiary/aromatic N) is 1. The molecule has 0 spiro atoms. The van der Waals surface area contributed by atoms with E-state index in [4.69, 9.17) is 5.26 Å². The molecule has 0 saturated heterocycles. The minimum Gasteiger partial charge on any atom is -0.386 e. The van der Waals surface area contributed by atoms with Gasteiger partial charge in [-0.2, -0.15) is 5.26 Å². The summed E-state index contributed by atoms with van der Waals surface area (Å²) in [7, 11) is 0. The molecule has 3 heteroatoms. The Balaban J connectivity index is 2.25. The minimum atomic E-state index is -0.859. The quantitative estimate of drug-likeness (QED) is 0.745. The molecule has 0 radical (unpaired) electrons. The van der Waals surface area contributed by atoms with Crippen molar-refractivity contribution in [2.75, 3.05) is 0 Å². The van der Waals surface area contributed by atoms with Crippen LogP contribution in [0, 0.1) is 16.7 Å².